The molecular weight excluding hydrogens is 274 g/mol. The van der Waals surface area contributed by atoms with Gasteiger partial charge in [0, 0.05) is 5.02 Å². The number of H-pyrrole nitrogens is 1. The highest BCUT2D eigenvalue weighted by Crippen LogP contribution is 2.31. The van der Waals surface area contributed by atoms with Gasteiger partial charge in [0.1, 0.15) is 11.6 Å². The first kappa shape index (κ1) is 12.5. The highest BCUT2D eigenvalue weighted by atomic mass is 35.5. The molecule has 1 N–H and O–H groups in total. The van der Waals surface area contributed by atoms with Gasteiger partial charge in [-0.2, -0.15) is 5.26 Å². The fraction of sp³-hybridized carbons (Fsp3) is 0.0667. The molecule has 98 valence electrons. The van der Waals surface area contributed by atoms with Crippen molar-refractivity contribution in [3.63, 3.8) is 0 Å². The van der Waals surface area contributed by atoms with Crippen LogP contribution in [-0.2, 0) is 0 Å². The molecular formula is C15H10ClN3O. The summed E-state index contributed by atoms with van der Waals surface area (Å²) in [5.41, 5.74) is 3.04. The van der Waals surface area contributed by atoms with Gasteiger partial charge in [-0.15, -0.1) is 0 Å². The summed E-state index contributed by atoms with van der Waals surface area (Å²) in [6.45, 7) is 0. The van der Waals surface area contributed by atoms with E-state index in [0.29, 0.717) is 22.2 Å². The van der Waals surface area contributed by atoms with E-state index < -0.39 is 0 Å². The molecule has 5 heteroatoms. The van der Waals surface area contributed by atoms with Gasteiger partial charge in [0.05, 0.1) is 35.3 Å². The van der Waals surface area contributed by atoms with Crippen molar-refractivity contribution >= 4 is 22.6 Å². The highest BCUT2D eigenvalue weighted by Gasteiger charge is 2.11. The van der Waals surface area contributed by atoms with E-state index in [0.717, 1.165) is 16.6 Å². The normalized spacial score (nSPS) is 10.4. The molecule has 0 unspecified atom stereocenters. The minimum absolute atomic E-state index is 0.593. The van der Waals surface area contributed by atoms with E-state index in [1.807, 2.05) is 12.1 Å². The standard InChI is InChI=1S/C15H10ClN3O/c1-20-14-7-10(16)3-4-11(14)15-18-12-5-2-9(8-17)6-13(12)19-15/h2-7H,1H3,(H,18,19). The van der Waals surface area contributed by atoms with Gasteiger partial charge in [0.15, 0.2) is 0 Å². The van der Waals surface area contributed by atoms with Crippen LogP contribution in [0.5, 0.6) is 5.75 Å². The maximum absolute atomic E-state index is 8.91. The summed E-state index contributed by atoms with van der Waals surface area (Å²) < 4.78 is 5.32. The number of ether oxygens (including phenoxy) is 1. The van der Waals surface area contributed by atoms with Crippen LogP contribution in [0.4, 0.5) is 0 Å². The van der Waals surface area contributed by atoms with Crippen LogP contribution in [0.2, 0.25) is 5.02 Å². The lowest BCUT2D eigenvalue weighted by Crippen LogP contribution is -1.89. The molecule has 0 atom stereocenters. The molecule has 0 amide bonds. The van der Waals surface area contributed by atoms with Crippen LogP contribution < -0.4 is 4.74 Å². The summed E-state index contributed by atoms with van der Waals surface area (Å²) in [6.07, 6.45) is 0. The Kier molecular flexibility index (Phi) is 3.05. The molecule has 0 saturated carbocycles. The molecule has 0 spiro atoms. The monoisotopic (exact) mass is 283 g/mol. The molecule has 3 rings (SSSR count). The number of methoxy groups -OCH3 is 1. The Balaban J connectivity index is 2.17. The summed E-state index contributed by atoms with van der Waals surface area (Å²) in [5, 5.41) is 9.52. The Labute approximate surface area is 120 Å². The molecule has 0 aliphatic heterocycles. The number of nitrogens with zero attached hydrogens (tertiary/aromatic N) is 2. The van der Waals surface area contributed by atoms with E-state index in [2.05, 4.69) is 16.0 Å². The third-order valence-corrected chi connectivity index (χ3v) is 3.26. The third kappa shape index (κ3) is 2.09. The second-order valence-electron chi connectivity index (χ2n) is 4.27. The topological polar surface area (TPSA) is 61.7 Å². The van der Waals surface area contributed by atoms with Crippen LogP contribution in [0.15, 0.2) is 36.4 Å². The fourth-order valence-corrected chi connectivity index (χ4v) is 2.23. The van der Waals surface area contributed by atoms with Crippen molar-refractivity contribution in [3.8, 4) is 23.2 Å². The average molecular weight is 284 g/mol. The molecule has 0 aliphatic carbocycles. The lowest BCUT2D eigenvalue weighted by molar-refractivity contribution is 0.416. The van der Waals surface area contributed by atoms with Gasteiger partial charge in [-0.3, -0.25) is 0 Å². The van der Waals surface area contributed by atoms with E-state index >= 15 is 0 Å². The lowest BCUT2D eigenvalue weighted by Gasteiger charge is -2.06. The maximum atomic E-state index is 8.91. The zero-order chi connectivity index (χ0) is 14.1. The third-order valence-electron chi connectivity index (χ3n) is 3.03. The first-order valence-electron chi connectivity index (χ1n) is 5.95. The van der Waals surface area contributed by atoms with E-state index in [1.165, 1.54) is 0 Å². The molecule has 1 aromatic heterocycles. The lowest BCUT2D eigenvalue weighted by atomic mass is 10.2. The van der Waals surface area contributed by atoms with Crippen molar-refractivity contribution in [2.75, 3.05) is 7.11 Å². The van der Waals surface area contributed by atoms with Crippen LogP contribution in [0.3, 0.4) is 0 Å². The van der Waals surface area contributed by atoms with Crippen molar-refractivity contribution in [1.82, 2.24) is 9.97 Å². The Morgan fingerprint density at radius 2 is 2.10 bits per heavy atom. The highest BCUT2D eigenvalue weighted by molar-refractivity contribution is 6.30. The summed E-state index contributed by atoms with van der Waals surface area (Å²) >= 11 is 5.95. The number of rotatable bonds is 2. The summed E-state index contributed by atoms with van der Waals surface area (Å²) in [7, 11) is 1.59. The number of hydrogen-bond acceptors (Lipinski definition) is 3. The van der Waals surface area contributed by atoms with Crippen LogP contribution in [0.1, 0.15) is 5.56 Å². The second kappa shape index (κ2) is 4.87. The van der Waals surface area contributed by atoms with E-state index in [9.17, 15) is 0 Å². The van der Waals surface area contributed by atoms with Crippen molar-refractivity contribution in [2.45, 2.75) is 0 Å². The first-order chi connectivity index (χ1) is 9.71. The van der Waals surface area contributed by atoms with Crippen molar-refractivity contribution in [2.24, 2.45) is 0 Å². The number of imidazole rings is 1. The van der Waals surface area contributed by atoms with Gasteiger partial charge in [-0.05, 0) is 36.4 Å². The molecule has 0 aliphatic rings. The summed E-state index contributed by atoms with van der Waals surface area (Å²) in [5.74, 6) is 1.33. The molecule has 1 heterocycles. The van der Waals surface area contributed by atoms with E-state index in [1.54, 1.807) is 31.4 Å². The molecule has 2 aromatic carbocycles. The largest absolute Gasteiger partial charge is 0.496 e. The fourth-order valence-electron chi connectivity index (χ4n) is 2.07. The zero-order valence-electron chi connectivity index (χ0n) is 10.6. The van der Waals surface area contributed by atoms with Crippen molar-refractivity contribution in [1.29, 1.82) is 5.26 Å². The van der Waals surface area contributed by atoms with Gasteiger partial charge in [0.25, 0.3) is 0 Å². The number of nitrogens with one attached hydrogen (secondary N) is 1. The second-order valence-corrected chi connectivity index (χ2v) is 4.71. The average Bonchev–Trinajstić information content (AvgIpc) is 2.89. The maximum Gasteiger partial charge on any atom is 0.142 e. The number of benzene rings is 2. The quantitative estimate of drug-likeness (QED) is 0.779. The van der Waals surface area contributed by atoms with Crippen molar-refractivity contribution < 1.29 is 4.74 Å². The molecule has 0 bridgehead atoms. The SMILES string of the molecule is COc1cc(Cl)ccc1-c1nc2ccc(C#N)cc2[nH]1. The van der Waals surface area contributed by atoms with Crippen LogP contribution in [-0.4, -0.2) is 17.1 Å². The number of aromatic amines is 1. The Morgan fingerprint density at radius 1 is 1.25 bits per heavy atom. The minimum Gasteiger partial charge on any atom is -0.496 e. The molecule has 3 aromatic rings. The number of hydrogen-bond donors (Lipinski definition) is 1. The number of fused-ring (bicyclic) bond motifs is 1. The predicted molar refractivity (Wildman–Crippen MR) is 77.8 cm³/mol. The van der Waals surface area contributed by atoms with E-state index in [-0.39, 0.29) is 0 Å². The van der Waals surface area contributed by atoms with Gasteiger partial charge < -0.3 is 9.72 Å². The smallest absolute Gasteiger partial charge is 0.142 e. The number of halogens is 1. The van der Waals surface area contributed by atoms with Gasteiger partial charge in [0.2, 0.25) is 0 Å². The Hall–Kier alpha value is -2.51. The Morgan fingerprint density at radius 3 is 2.85 bits per heavy atom. The van der Waals surface area contributed by atoms with Crippen LogP contribution in [0, 0.1) is 11.3 Å². The first-order valence-corrected chi connectivity index (χ1v) is 6.33. The van der Waals surface area contributed by atoms with Crippen LogP contribution >= 0.6 is 11.6 Å². The summed E-state index contributed by atoms with van der Waals surface area (Å²) in [4.78, 5) is 7.70. The molecule has 0 fully saturated rings. The Bertz CT molecular complexity index is 833. The molecule has 20 heavy (non-hydrogen) atoms. The predicted octanol–water partition coefficient (Wildman–Crippen LogP) is 3.76. The number of aromatic nitrogens is 2. The molecule has 0 radical (unpaired) electrons. The zero-order valence-corrected chi connectivity index (χ0v) is 11.4. The summed E-state index contributed by atoms with van der Waals surface area (Å²) in [6, 6.07) is 12.8. The van der Waals surface area contributed by atoms with Crippen molar-refractivity contribution in [3.05, 3.63) is 47.0 Å². The van der Waals surface area contributed by atoms with Gasteiger partial charge in [-0.1, -0.05) is 11.6 Å². The molecule has 4 nitrogen and oxygen atoms in total. The minimum atomic E-state index is 0.593. The van der Waals surface area contributed by atoms with E-state index in [4.69, 9.17) is 21.6 Å². The number of nitriles is 1. The van der Waals surface area contributed by atoms with Gasteiger partial charge in [-0.25, -0.2) is 4.98 Å². The van der Waals surface area contributed by atoms with Gasteiger partial charge >= 0.3 is 0 Å². The van der Waals surface area contributed by atoms with Crippen LogP contribution in [0.25, 0.3) is 22.4 Å². The molecule has 0 saturated heterocycles.